The van der Waals surface area contributed by atoms with Gasteiger partial charge in [0, 0.05) is 40.3 Å². The molecule has 47 heavy (non-hydrogen) atoms. The van der Waals surface area contributed by atoms with Crippen LogP contribution in [0.15, 0.2) is 91.0 Å². The molecule has 0 bridgehead atoms. The normalized spacial score (nSPS) is 14.3. The highest BCUT2D eigenvalue weighted by Crippen LogP contribution is 2.30. The molecule has 5 aromatic rings. The molecule has 1 atom stereocenters. The predicted octanol–water partition coefficient (Wildman–Crippen LogP) is 9.65. The smallest absolute Gasteiger partial charge is 0.252 e. The van der Waals surface area contributed by atoms with E-state index >= 15 is 0 Å². The van der Waals surface area contributed by atoms with Crippen LogP contribution in [0.4, 0.5) is 0 Å². The van der Waals surface area contributed by atoms with E-state index in [1.165, 1.54) is 41.6 Å². The van der Waals surface area contributed by atoms with Crippen molar-refractivity contribution >= 4 is 22.7 Å². The van der Waals surface area contributed by atoms with Gasteiger partial charge >= 0.3 is 0 Å². The average Bonchev–Trinajstić information content (AvgIpc) is 3.33. The highest BCUT2D eigenvalue weighted by atomic mass is 16.2. The van der Waals surface area contributed by atoms with Crippen LogP contribution >= 0.6 is 0 Å². The van der Waals surface area contributed by atoms with Crippen LogP contribution in [0.1, 0.15) is 113 Å². The van der Waals surface area contributed by atoms with Gasteiger partial charge in [0.25, 0.3) is 11.8 Å². The zero-order valence-electron chi connectivity index (χ0n) is 28.4. The minimum Gasteiger partial charge on any atom is -0.349 e. The molecule has 1 saturated carbocycles. The topological polar surface area (TPSA) is 63.1 Å². The van der Waals surface area contributed by atoms with E-state index in [2.05, 4.69) is 97.5 Å². The third-order valence-electron chi connectivity index (χ3n) is 10.0. The monoisotopic (exact) mass is 625 g/mol. The Kier molecular flexibility index (Phi) is 9.63. The molecular weight excluding hydrogens is 578 g/mol. The van der Waals surface area contributed by atoms with Crippen molar-refractivity contribution in [3.63, 3.8) is 0 Å². The number of nitrogens with zero attached hydrogens (tertiary/aromatic N) is 1. The van der Waals surface area contributed by atoms with Gasteiger partial charge in [0.2, 0.25) is 0 Å². The molecule has 1 aliphatic rings. The Balaban J connectivity index is 1.18. The van der Waals surface area contributed by atoms with Crippen LogP contribution in [0.5, 0.6) is 0 Å². The number of hydrogen-bond donors (Lipinski definition) is 2. The molecule has 0 saturated heterocycles. The van der Waals surface area contributed by atoms with E-state index in [1.807, 2.05) is 43.3 Å². The van der Waals surface area contributed by atoms with Crippen LogP contribution < -0.4 is 10.6 Å². The summed E-state index contributed by atoms with van der Waals surface area (Å²) >= 11 is 0. The maximum Gasteiger partial charge on any atom is 0.252 e. The molecule has 0 aliphatic heterocycles. The Morgan fingerprint density at radius 2 is 1.51 bits per heavy atom. The van der Waals surface area contributed by atoms with Crippen molar-refractivity contribution in [2.75, 3.05) is 0 Å². The standard InChI is InChI=1S/C42H47N3O2/c1-27(2)33-12-11-13-34(24-33)29(4)43-41(46)35-22-23-40-39(25-35)28(3)30(5)45(40)26-31-18-20-32(21-19-31)37-16-9-10-17-38(37)42(47)44-36-14-7-6-8-15-36/h9-13,16-25,27,29,36H,6-8,14-15,26H2,1-5H3,(H,43,46)(H,44,47)/t29-/m0/s1. The Labute approximate surface area is 279 Å². The van der Waals surface area contributed by atoms with Crippen molar-refractivity contribution in [1.82, 2.24) is 15.2 Å². The first-order chi connectivity index (χ1) is 22.7. The summed E-state index contributed by atoms with van der Waals surface area (Å²) in [6, 6.07) is 31.1. The second-order valence-electron chi connectivity index (χ2n) is 13.6. The van der Waals surface area contributed by atoms with Crippen molar-refractivity contribution in [3.05, 3.63) is 130 Å². The number of fused-ring (bicyclic) bond motifs is 1. The quantitative estimate of drug-likeness (QED) is 0.171. The van der Waals surface area contributed by atoms with Crippen LogP contribution in [0.2, 0.25) is 0 Å². The lowest BCUT2D eigenvalue weighted by Gasteiger charge is -2.23. The minimum atomic E-state index is -0.0921. The summed E-state index contributed by atoms with van der Waals surface area (Å²) in [6.07, 6.45) is 5.77. The molecule has 5 heteroatoms. The maximum absolute atomic E-state index is 13.4. The third kappa shape index (κ3) is 7.05. The highest BCUT2D eigenvalue weighted by molar-refractivity contribution is 6.01. The number of amides is 2. The van der Waals surface area contributed by atoms with E-state index < -0.39 is 0 Å². The number of benzene rings is 4. The number of nitrogens with one attached hydrogen (secondary N) is 2. The summed E-state index contributed by atoms with van der Waals surface area (Å²) in [4.78, 5) is 26.6. The van der Waals surface area contributed by atoms with Crippen LogP contribution in [0.25, 0.3) is 22.0 Å². The molecule has 242 valence electrons. The summed E-state index contributed by atoms with van der Waals surface area (Å²) < 4.78 is 2.33. The Morgan fingerprint density at radius 3 is 2.26 bits per heavy atom. The molecule has 4 aromatic carbocycles. The van der Waals surface area contributed by atoms with Crippen molar-refractivity contribution in [3.8, 4) is 11.1 Å². The fraction of sp³-hybridized carbons (Fsp3) is 0.333. The number of carbonyl (C=O) groups excluding carboxylic acids is 2. The van der Waals surface area contributed by atoms with E-state index in [0.29, 0.717) is 11.5 Å². The van der Waals surface area contributed by atoms with Gasteiger partial charge in [-0.3, -0.25) is 9.59 Å². The molecule has 5 nitrogen and oxygen atoms in total. The first-order valence-electron chi connectivity index (χ1n) is 17.2. The van der Waals surface area contributed by atoms with Gasteiger partial charge in [0.15, 0.2) is 0 Å². The minimum absolute atomic E-state index is 0.0179. The number of aromatic nitrogens is 1. The SMILES string of the molecule is Cc1c(C)n(Cc2ccc(-c3ccccc3C(=O)NC3CCCCC3)cc2)c2ccc(C(=O)N[C@@H](C)c3cccc(C(C)C)c3)cc12. The van der Waals surface area contributed by atoms with Gasteiger partial charge in [0.1, 0.15) is 0 Å². The average molecular weight is 626 g/mol. The second kappa shape index (κ2) is 14.0. The van der Waals surface area contributed by atoms with Gasteiger partial charge in [-0.1, -0.05) is 99.8 Å². The Hall–Kier alpha value is -4.64. The van der Waals surface area contributed by atoms with Gasteiger partial charge in [-0.2, -0.15) is 0 Å². The number of carbonyl (C=O) groups is 2. The molecule has 1 aromatic heterocycles. The third-order valence-corrected chi connectivity index (χ3v) is 10.0. The van der Waals surface area contributed by atoms with E-state index in [9.17, 15) is 9.59 Å². The molecule has 0 unspecified atom stereocenters. The van der Waals surface area contributed by atoms with E-state index in [-0.39, 0.29) is 23.9 Å². The molecule has 0 spiro atoms. The molecule has 1 heterocycles. The molecule has 6 rings (SSSR count). The summed E-state index contributed by atoms with van der Waals surface area (Å²) in [7, 11) is 0. The van der Waals surface area contributed by atoms with Gasteiger partial charge < -0.3 is 15.2 Å². The fourth-order valence-corrected chi connectivity index (χ4v) is 6.96. The summed E-state index contributed by atoms with van der Waals surface area (Å²) in [5, 5.41) is 7.58. The molecule has 2 amide bonds. The molecule has 2 N–H and O–H groups in total. The van der Waals surface area contributed by atoms with E-state index in [0.717, 1.165) is 52.5 Å². The van der Waals surface area contributed by atoms with Crippen molar-refractivity contribution < 1.29 is 9.59 Å². The number of hydrogen-bond acceptors (Lipinski definition) is 2. The molecule has 0 radical (unpaired) electrons. The molecule has 1 fully saturated rings. The van der Waals surface area contributed by atoms with Crippen LogP contribution in [0.3, 0.4) is 0 Å². The van der Waals surface area contributed by atoms with Gasteiger partial charge in [-0.15, -0.1) is 0 Å². The lowest BCUT2D eigenvalue weighted by atomic mass is 9.94. The van der Waals surface area contributed by atoms with Gasteiger partial charge in [0.05, 0.1) is 6.04 Å². The van der Waals surface area contributed by atoms with E-state index in [1.54, 1.807) is 0 Å². The van der Waals surface area contributed by atoms with Gasteiger partial charge in [-0.25, -0.2) is 0 Å². The zero-order chi connectivity index (χ0) is 33.1. The van der Waals surface area contributed by atoms with Crippen LogP contribution in [-0.4, -0.2) is 22.4 Å². The molecule has 1 aliphatic carbocycles. The lowest BCUT2D eigenvalue weighted by molar-refractivity contribution is 0.0924. The Bertz CT molecular complexity index is 1890. The van der Waals surface area contributed by atoms with Crippen LogP contribution in [0, 0.1) is 13.8 Å². The predicted molar refractivity (Wildman–Crippen MR) is 193 cm³/mol. The number of rotatable bonds is 9. The largest absolute Gasteiger partial charge is 0.349 e. The van der Waals surface area contributed by atoms with Crippen molar-refractivity contribution in [2.45, 2.75) is 91.3 Å². The lowest BCUT2D eigenvalue weighted by Crippen LogP contribution is -2.36. The van der Waals surface area contributed by atoms with Crippen LogP contribution in [-0.2, 0) is 6.54 Å². The summed E-state index contributed by atoms with van der Waals surface area (Å²) in [5.41, 5.74) is 10.4. The zero-order valence-corrected chi connectivity index (χ0v) is 28.4. The van der Waals surface area contributed by atoms with Crippen molar-refractivity contribution in [2.24, 2.45) is 0 Å². The summed E-state index contributed by atoms with van der Waals surface area (Å²) in [5.74, 6) is 0.390. The highest BCUT2D eigenvalue weighted by Gasteiger charge is 2.20. The molecular formula is C42H47N3O2. The second-order valence-corrected chi connectivity index (χ2v) is 13.6. The summed E-state index contributed by atoms with van der Waals surface area (Å²) in [6.45, 7) is 11.4. The van der Waals surface area contributed by atoms with Crippen molar-refractivity contribution in [1.29, 1.82) is 0 Å². The fourth-order valence-electron chi connectivity index (χ4n) is 6.96. The number of aryl methyl sites for hydroxylation is 1. The maximum atomic E-state index is 13.4. The van der Waals surface area contributed by atoms with Gasteiger partial charge in [-0.05, 0) is 97.2 Å². The Morgan fingerprint density at radius 1 is 0.787 bits per heavy atom. The first kappa shape index (κ1) is 32.3. The van der Waals surface area contributed by atoms with E-state index in [4.69, 9.17) is 0 Å². The first-order valence-corrected chi connectivity index (χ1v) is 17.2.